The molecule has 0 amide bonds. The molecule has 0 fully saturated rings. The molecule has 4 heteroatoms. The van der Waals surface area contributed by atoms with Gasteiger partial charge in [0.15, 0.2) is 0 Å². The van der Waals surface area contributed by atoms with Gasteiger partial charge in [0.1, 0.15) is 24.2 Å². The summed E-state index contributed by atoms with van der Waals surface area (Å²) in [6.07, 6.45) is 1.09. The van der Waals surface area contributed by atoms with Crippen LogP contribution in [0, 0.1) is 0 Å². The van der Waals surface area contributed by atoms with Gasteiger partial charge in [0.05, 0.1) is 12.8 Å². The third-order valence-corrected chi connectivity index (χ3v) is 2.44. The Balaban J connectivity index is 1.62. The largest absolute Gasteiger partial charge is 0.491 e. The molecule has 0 saturated heterocycles. The van der Waals surface area contributed by atoms with Crippen LogP contribution in [0.25, 0.3) is 0 Å². The molecular formula is C14H17NO3. The fraction of sp³-hybridized carbons (Fsp3) is 0.286. The predicted octanol–water partition coefficient (Wildman–Crippen LogP) is 1.81. The Morgan fingerprint density at radius 2 is 2.00 bits per heavy atom. The highest BCUT2D eigenvalue weighted by molar-refractivity contribution is 5.20. The third-order valence-electron chi connectivity index (χ3n) is 2.44. The molecule has 0 aliphatic heterocycles. The molecule has 0 unspecified atom stereocenters. The minimum absolute atomic E-state index is 0.273. The van der Waals surface area contributed by atoms with Crippen molar-refractivity contribution in [3.05, 3.63) is 54.5 Å². The van der Waals surface area contributed by atoms with E-state index in [0.29, 0.717) is 13.1 Å². The summed E-state index contributed by atoms with van der Waals surface area (Å²) in [4.78, 5) is 0. The topological polar surface area (TPSA) is 54.6 Å². The van der Waals surface area contributed by atoms with Crippen molar-refractivity contribution in [2.45, 2.75) is 12.6 Å². The predicted molar refractivity (Wildman–Crippen MR) is 68.4 cm³/mol. The molecule has 0 aliphatic carbocycles. The van der Waals surface area contributed by atoms with Crippen LogP contribution in [0.5, 0.6) is 5.75 Å². The Kier molecular flexibility index (Phi) is 4.81. The van der Waals surface area contributed by atoms with Crippen molar-refractivity contribution >= 4 is 0 Å². The summed E-state index contributed by atoms with van der Waals surface area (Å²) in [5.74, 6) is 1.62. The molecule has 1 atom stereocenters. The van der Waals surface area contributed by atoms with Crippen molar-refractivity contribution in [1.29, 1.82) is 0 Å². The van der Waals surface area contributed by atoms with Gasteiger partial charge in [-0.2, -0.15) is 0 Å². The minimum Gasteiger partial charge on any atom is -0.491 e. The molecule has 4 nitrogen and oxygen atoms in total. The Morgan fingerprint density at radius 1 is 1.17 bits per heavy atom. The molecule has 1 heterocycles. The highest BCUT2D eigenvalue weighted by Crippen LogP contribution is 2.08. The molecule has 2 rings (SSSR count). The third kappa shape index (κ3) is 4.24. The van der Waals surface area contributed by atoms with E-state index in [1.165, 1.54) is 0 Å². The number of hydrogen-bond acceptors (Lipinski definition) is 4. The highest BCUT2D eigenvalue weighted by atomic mass is 16.5. The molecule has 0 spiro atoms. The van der Waals surface area contributed by atoms with E-state index in [0.717, 1.165) is 11.5 Å². The van der Waals surface area contributed by atoms with Crippen molar-refractivity contribution < 1.29 is 14.3 Å². The number of aliphatic hydroxyl groups excluding tert-OH is 1. The monoisotopic (exact) mass is 247 g/mol. The Hall–Kier alpha value is -1.78. The van der Waals surface area contributed by atoms with Gasteiger partial charge in [0.2, 0.25) is 0 Å². The Labute approximate surface area is 106 Å². The quantitative estimate of drug-likeness (QED) is 0.783. The van der Waals surface area contributed by atoms with Crippen LogP contribution in [0.4, 0.5) is 0 Å². The van der Waals surface area contributed by atoms with E-state index in [1.54, 1.807) is 6.26 Å². The van der Waals surface area contributed by atoms with Crippen LogP contribution in [0.15, 0.2) is 53.1 Å². The summed E-state index contributed by atoms with van der Waals surface area (Å²) in [6.45, 7) is 1.35. The van der Waals surface area contributed by atoms with Gasteiger partial charge in [-0.3, -0.25) is 0 Å². The fourth-order valence-electron chi connectivity index (χ4n) is 1.54. The van der Waals surface area contributed by atoms with E-state index in [4.69, 9.17) is 9.15 Å². The van der Waals surface area contributed by atoms with Crippen molar-refractivity contribution in [3.63, 3.8) is 0 Å². The summed E-state index contributed by atoms with van der Waals surface area (Å²) in [6, 6.07) is 13.2. The van der Waals surface area contributed by atoms with Crippen LogP contribution in [-0.4, -0.2) is 24.4 Å². The number of rotatable bonds is 7. The Bertz CT molecular complexity index is 428. The van der Waals surface area contributed by atoms with Gasteiger partial charge in [-0.15, -0.1) is 0 Å². The SMILES string of the molecule is O[C@@H](CNCc1ccco1)COc1ccccc1. The van der Waals surface area contributed by atoms with E-state index >= 15 is 0 Å². The first-order valence-electron chi connectivity index (χ1n) is 5.93. The number of furan rings is 1. The van der Waals surface area contributed by atoms with Gasteiger partial charge in [0, 0.05) is 6.54 Å². The maximum absolute atomic E-state index is 9.72. The molecule has 0 radical (unpaired) electrons. The number of aliphatic hydroxyl groups is 1. The van der Waals surface area contributed by atoms with Gasteiger partial charge in [-0.25, -0.2) is 0 Å². The average molecular weight is 247 g/mol. The second-order valence-electron chi connectivity index (χ2n) is 3.99. The second kappa shape index (κ2) is 6.83. The number of para-hydroxylation sites is 1. The van der Waals surface area contributed by atoms with Crippen LogP contribution in [0.1, 0.15) is 5.76 Å². The number of nitrogens with one attached hydrogen (secondary N) is 1. The molecule has 0 saturated carbocycles. The zero-order chi connectivity index (χ0) is 12.6. The molecular weight excluding hydrogens is 230 g/mol. The second-order valence-corrected chi connectivity index (χ2v) is 3.99. The normalized spacial score (nSPS) is 12.3. The first-order valence-corrected chi connectivity index (χ1v) is 5.93. The molecule has 2 aromatic rings. The molecule has 0 aliphatic rings. The smallest absolute Gasteiger partial charge is 0.119 e. The lowest BCUT2D eigenvalue weighted by Crippen LogP contribution is -2.31. The van der Waals surface area contributed by atoms with Gasteiger partial charge >= 0.3 is 0 Å². The standard InChI is InChI=1S/C14H17NO3/c16-12(9-15-10-14-7-4-8-17-14)11-18-13-5-2-1-3-6-13/h1-8,12,15-16H,9-11H2/t12-/m0/s1. The molecule has 1 aromatic carbocycles. The minimum atomic E-state index is -0.542. The number of benzene rings is 1. The van der Waals surface area contributed by atoms with E-state index in [-0.39, 0.29) is 6.61 Å². The van der Waals surface area contributed by atoms with E-state index < -0.39 is 6.10 Å². The van der Waals surface area contributed by atoms with Crippen molar-refractivity contribution in [3.8, 4) is 5.75 Å². The first kappa shape index (κ1) is 12.7. The number of ether oxygens (including phenoxy) is 1. The molecule has 18 heavy (non-hydrogen) atoms. The summed E-state index contributed by atoms with van der Waals surface area (Å²) in [5, 5.41) is 12.8. The highest BCUT2D eigenvalue weighted by Gasteiger charge is 2.05. The number of hydrogen-bond donors (Lipinski definition) is 2. The lowest BCUT2D eigenvalue weighted by molar-refractivity contribution is 0.106. The fourth-order valence-corrected chi connectivity index (χ4v) is 1.54. The van der Waals surface area contributed by atoms with Gasteiger partial charge in [-0.05, 0) is 24.3 Å². The van der Waals surface area contributed by atoms with Gasteiger partial charge in [0.25, 0.3) is 0 Å². The molecule has 96 valence electrons. The lowest BCUT2D eigenvalue weighted by Gasteiger charge is -2.12. The lowest BCUT2D eigenvalue weighted by atomic mass is 10.3. The van der Waals surface area contributed by atoms with Crippen molar-refractivity contribution in [2.75, 3.05) is 13.2 Å². The zero-order valence-corrected chi connectivity index (χ0v) is 10.1. The molecule has 2 N–H and O–H groups in total. The van der Waals surface area contributed by atoms with E-state index in [1.807, 2.05) is 42.5 Å². The first-order chi connectivity index (χ1) is 8.84. The summed E-state index contributed by atoms with van der Waals surface area (Å²) in [5.41, 5.74) is 0. The van der Waals surface area contributed by atoms with Crippen molar-refractivity contribution in [2.24, 2.45) is 0 Å². The van der Waals surface area contributed by atoms with Crippen LogP contribution in [0.3, 0.4) is 0 Å². The molecule has 1 aromatic heterocycles. The molecule has 0 bridgehead atoms. The van der Waals surface area contributed by atoms with Crippen LogP contribution in [0.2, 0.25) is 0 Å². The van der Waals surface area contributed by atoms with Crippen LogP contribution >= 0.6 is 0 Å². The van der Waals surface area contributed by atoms with Crippen LogP contribution in [-0.2, 0) is 6.54 Å². The van der Waals surface area contributed by atoms with Crippen molar-refractivity contribution in [1.82, 2.24) is 5.32 Å². The van der Waals surface area contributed by atoms with E-state index in [2.05, 4.69) is 5.32 Å². The Morgan fingerprint density at radius 3 is 2.72 bits per heavy atom. The maximum Gasteiger partial charge on any atom is 0.119 e. The summed E-state index contributed by atoms with van der Waals surface area (Å²) in [7, 11) is 0. The zero-order valence-electron chi connectivity index (χ0n) is 10.1. The summed E-state index contributed by atoms with van der Waals surface area (Å²) < 4.78 is 10.6. The average Bonchev–Trinajstić information content (AvgIpc) is 2.91. The summed E-state index contributed by atoms with van der Waals surface area (Å²) >= 11 is 0. The van der Waals surface area contributed by atoms with Gasteiger partial charge < -0.3 is 19.6 Å². The maximum atomic E-state index is 9.72. The van der Waals surface area contributed by atoms with Gasteiger partial charge in [-0.1, -0.05) is 18.2 Å². The van der Waals surface area contributed by atoms with E-state index in [9.17, 15) is 5.11 Å². The van der Waals surface area contributed by atoms with Crippen LogP contribution < -0.4 is 10.1 Å².